The molecule has 0 aliphatic heterocycles. The van der Waals surface area contributed by atoms with Gasteiger partial charge in [0.1, 0.15) is 0 Å². The molecule has 94 valence electrons. The standard InChI is InChI=1S/C13H14N2O2S/c1-8-5-6-18-12(8)15(2)11-7-9(13(16)17)3-4-10(11)14/h3-7H,14H2,1-2H3,(H,16,17). The number of nitrogens with two attached hydrogens (primary N) is 1. The maximum atomic E-state index is 11.0. The summed E-state index contributed by atoms with van der Waals surface area (Å²) < 4.78 is 0. The first-order chi connectivity index (χ1) is 8.50. The predicted octanol–water partition coefficient (Wildman–Crippen LogP) is 3.10. The van der Waals surface area contributed by atoms with Crippen molar-refractivity contribution in [2.45, 2.75) is 6.92 Å². The van der Waals surface area contributed by atoms with Crippen LogP contribution < -0.4 is 10.6 Å². The number of rotatable bonds is 3. The fourth-order valence-electron chi connectivity index (χ4n) is 1.78. The second-order valence-electron chi connectivity index (χ2n) is 4.05. The van der Waals surface area contributed by atoms with Crippen molar-refractivity contribution in [1.29, 1.82) is 0 Å². The summed E-state index contributed by atoms with van der Waals surface area (Å²) in [5.74, 6) is -0.951. The molecule has 0 amide bonds. The summed E-state index contributed by atoms with van der Waals surface area (Å²) >= 11 is 1.60. The van der Waals surface area contributed by atoms with E-state index < -0.39 is 5.97 Å². The van der Waals surface area contributed by atoms with Crippen LogP contribution in [0.4, 0.5) is 16.4 Å². The zero-order valence-corrected chi connectivity index (χ0v) is 11.0. The van der Waals surface area contributed by atoms with Crippen LogP contribution in [-0.4, -0.2) is 18.1 Å². The molecule has 0 saturated heterocycles. The molecule has 2 aromatic rings. The molecule has 0 unspecified atom stereocenters. The van der Waals surface area contributed by atoms with Crippen molar-refractivity contribution in [1.82, 2.24) is 0 Å². The first-order valence-electron chi connectivity index (χ1n) is 5.41. The van der Waals surface area contributed by atoms with Crippen molar-refractivity contribution >= 4 is 33.7 Å². The first-order valence-corrected chi connectivity index (χ1v) is 6.29. The zero-order chi connectivity index (χ0) is 13.3. The molecule has 0 aliphatic rings. The van der Waals surface area contributed by atoms with E-state index in [1.54, 1.807) is 23.5 Å². The molecule has 1 heterocycles. The number of aryl methyl sites for hydroxylation is 1. The molecule has 2 rings (SSSR count). The van der Waals surface area contributed by atoms with E-state index in [2.05, 4.69) is 0 Å². The van der Waals surface area contributed by atoms with Gasteiger partial charge >= 0.3 is 5.97 Å². The summed E-state index contributed by atoms with van der Waals surface area (Å²) in [6, 6.07) is 6.75. The van der Waals surface area contributed by atoms with Crippen LogP contribution in [0.1, 0.15) is 15.9 Å². The highest BCUT2D eigenvalue weighted by Crippen LogP contribution is 2.35. The lowest BCUT2D eigenvalue weighted by molar-refractivity contribution is 0.0697. The predicted molar refractivity (Wildman–Crippen MR) is 74.9 cm³/mol. The van der Waals surface area contributed by atoms with Crippen LogP contribution in [0.25, 0.3) is 0 Å². The average molecular weight is 262 g/mol. The normalized spacial score (nSPS) is 10.3. The Morgan fingerprint density at radius 3 is 2.67 bits per heavy atom. The Labute approximate surface area is 109 Å². The molecule has 1 aromatic carbocycles. The number of hydrogen-bond donors (Lipinski definition) is 2. The minimum absolute atomic E-state index is 0.236. The number of benzene rings is 1. The molecule has 5 heteroatoms. The molecule has 1 aromatic heterocycles. The van der Waals surface area contributed by atoms with Gasteiger partial charge in [-0.15, -0.1) is 11.3 Å². The maximum absolute atomic E-state index is 11.0. The summed E-state index contributed by atoms with van der Waals surface area (Å²) in [6.07, 6.45) is 0. The molecule has 0 radical (unpaired) electrons. The van der Waals surface area contributed by atoms with Crippen LogP contribution in [-0.2, 0) is 0 Å². The number of carboxylic acid groups (broad SMARTS) is 1. The van der Waals surface area contributed by atoms with E-state index in [1.807, 2.05) is 30.3 Å². The highest BCUT2D eigenvalue weighted by Gasteiger charge is 2.13. The third-order valence-electron chi connectivity index (χ3n) is 2.78. The fourth-order valence-corrected chi connectivity index (χ4v) is 2.70. The molecule has 3 N–H and O–H groups in total. The van der Waals surface area contributed by atoms with E-state index in [0.29, 0.717) is 11.4 Å². The van der Waals surface area contributed by atoms with Crippen LogP contribution in [0.2, 0.25) is 0 Å². The largest absolute Gasteiger partial charge is 0.478 e. The van der Waals surface area contributed by atoms with Crippen LogP contribution >= 0.6 is 11.3 Å². The Morgan fingerprint density at radius 1 is 1.39 bits per heavy atom. The molecule has 0 bridgehead atoms. The van der Waals surface area contributed by atoms with E-state index in [0.717, 1.165) is 10.6 Å². The molecule has 0 spiro atoms. The van der Waals surface area contributed by atoms with Crippen molar-refractivity contribution in [2.75, 3.05) is 17.7 Å². The third kappa shape index (κ3) is 2.17. The highest BCUT2D eigenvalue weighted by atomic mass is 32.1. The fraction of sp³-hybridized carbons (Fsp3) is 0.154. The maximum Gasteiger partial charge on any atom is 0.335 e. The van der Waals surface area contributed by atoms with Crippen molar-refractivity contribution < 1.29 is 9.90 Å². The lowest BCUT2D eigenvalue weighted by Gasteiger charge is -2.21. The topological polar surface area (TPSA) is 66.6 Å². The number of nitrogen functional groups attached to an aromatic ring is 1. The summed E-state index contributed by atoms with van der Waals surface area (Å²) in [5.41, 5.74) is 8.57. The van der Waals surface area contributed by atoms with Gasteiger partial charge in [-0.25, -0.2) is 4.79 Å². The number of carbonyl (C=O) groups is 1. The number of aromatic carboxylic acids is 1. The van der Waals surface area contributed by atoms with Gasteiger partial charge in [-0.3, -0.25) is 0 Å². The Bertz CT molecular complexity index is 592. The Morgan fingerprint density at radius 2 is 2.11 bits per heavy atom. The number of thiophene rings is 1. The van der Waals surface area contributed by atoms with E-state index in [4.69, 9.17) is 10.8 Å². The van der Waals surface area contributed by atoms with E-state index in [1.165, 1.54) is 6.07 Å². The minimum Gasteiger partial charge on any atom is -0.478 e. The van der Waals surface area contributed by atoms with Gasteiger partial charge in [0.05, 0.1) is 21.9 Å². The second kappa shape index (κ2) is 4.70. The van der Waals surface area contributed by atoms with Gasteiger partial charge in [0.25, 0.3) is 0 Å². The van der Waals surface area contributed by atoms with Crippen molar-refractivity contribution in [2.24, 2.45) is 0 Å². The monoisotopic (exact) mass is 262 g/mol. The molecule has 0 aliphatic carbocycles. The third-order valence-corrected chi connectivity index (χ3v) is 3.87. The molecule has 0 saturated carbocycles. The van der Waals surface area contributed by atoms with Crippen LogP contribution in [0.3, 0.4) is 0 Å². The van der Waals surface area contributed by atoms with Gasteiger partial charge in [0.15, 0.2) is 0 Å². The number of hydrogen-bond acceptors (Lipinski definition) is 4. The summed E-state index contributed by atoms with van der Waals surface area (Å²) in [5, 5.41) is 12.1. The summed E-state index contributed by atoms with van der Waals surface area (Å²) in [6.45, 7) is 2.01. The van der Waals surface area contributed by atoms with Gasteiger partial charge in [0.2, 0.25) is 0 Å². The molecule has 0 fully saturated rings. The Balaban J connectivity index is 2.47. The van der Waals surface area contributed by atoms with Gasteiger partial charge in [-0.05, 0) is 42.1 Å². The zero-order valence-electron chi connectivity index (χ0n) is 10.2. The lowest BCUT2D eigenvalue weighted by Crippen LogP contribution is -2.12. The van der Waals surface area contributed by atoms with Crippen LogP contribution in [0.5, 0.6) is 0 Å². The van der Waals surface area contributed by atoms with E-state index >= 15 is 0 Å². The first kappa shape index (κ1) is 12.4. The number of anilines is 3. The highest BCUT2D eigenvalue weighted by molar-refractivity contribution is 7.14. The molecular weight excluding hydrogens is 248 g/mol. The summed E-state index contributed by atoms with van der Waals surface area (Å²) in [7, 11) is 1.89. The molecule has 18 heavy (non-hydrogen) atoms. The smallest absolute Gasteiger partial charge is 0.335 e. The molecular formula is C13H14N2O2S. The van der Waals surface area contributed by atoms with Crippen LogP contribution in [0, 0.1) is 6.92 Å². The quantitative estimate of drug-likeness (QED) is 0.834. The summed E-state index contributed by atoms with van der Waals surface area (Å²) in [4.78, 5) is 12.9. The molecule has 0 atom stereocenters. The van der Waals surface area contributed by atoms with Crippen LogP contribution in [0.15, 0.2) is 29.6 Å². The van der Waals surface area contributed by atoms with Gasteiger partial charge in [0, 0.05) is 7.05 Å². The minimum atomic E-state index is -0.951. The van der Waals surface area contributed by atoms with E-state index in [9.17, 15) is 4.79 Å². The van der Waals surface area contributed by atoms with Gasteiger partial charge in [-0.2, -0.15) is 0 Å². The van der Waals surface area contributed by atoms with Gasteiger partial charge < -0.3 is 15.7 Å². The average Bonchev–Trinajstić information content (AvgIpc) is 2.75. The number of carboxylic acids is 1. The van der Waals surface area contributed by atoms with Crippen molar-refractivity contribution in [3.8, 4) is 0 Å². The Kier molecular flexibility index (Phi) is 3.25. The second-order valence-corrected chi connectivity index (χ2v) is 4.94. The Hall–Kier alpha value is -2.01. The lowest BCUT2D eigenvalue weighted by atomic mass is 10.1. The van der Waals surface area contributed by atoms with Gasteiger partial charge in [-0.1, -0.05) is 0 Å². The SMILES string of the molecule is Cc1ccsc1N(C)c1cc(C(=O)O)ccc1N. The van der Waals surface area contributed by atoms with Crippen molar-refractivity contribution in [3.05, 3.63) is 40.8 Å². The van der Waals surface area contributed by atoms with Crippen molar-refractivity contribution in [3.63, 3.8) is 0 Å². The number of nitrogens with zero attached hydrogens (tertiary/aromatic N) is 1. The van der Waals surface area contributed by atoms with E-state index in [-0.39, 0.29) is 5.56 Å². The molecule has 4 nitrogen and oxygen atoms in total.